The van der Waals surface area contributed by atoms with Gasteiger partial charge in [0.25, 0.3) is 5.56 Å². The van der Waals surface area contributed by atoms with Gasteiger partial charge in [0.2, 0.25) is 5.91 Å². The van der Waals surface area contributed by atoms with E-state index in [4.69, 9.17) is 4.74 Å². The maximum Gasteiger partial charge on any atom is 0.257 e. The fraction of sp³-hybridized carbons (Fsp3) is 0.235. The highest BCUT2D eigenvalue weighted by Gasteiger charge is 2.31. The highest BCUT2D eigenvalue weighted by Crippen LogP contribution is 2.37. The second kappa shape index (κ2) is 7.02. The number of H-pyrrole nitrogens is 1. The lowest BCUT2D eigenvalue weighted by Gasteiger charge is -2.24. The van der Waals surface area contributed by atoms with Crippen LogP contribution in [-0.4, -0.2) is 33.8 Å². The van der Waals surface area contributed by atoms with Gasteiger partial charge in [-0.1, -0.05) is 23.9 Å². The molecule has 0 spiro atoms. The summed E-state index contributed by atoms with van der Waals surface area (Å²) in [6, 6.07) is 4.78. The molecule has 0 unspecified atom stereocenters. The van der Waals surface area contributed by atoms with Gasteiger partial charge in [0, 0.05) is 18.1 Å². The Morgan fingerprint density at radius 3 is 3.00 bits per heavy atom. The Kier molecular flexibility index (Phi) is 4.80. The van der Waals surface area contributed by atoms with Crippen LogP contribution in [0.3, 0.4) is 0 Å². The van der Waals surface area contributed by atoms with Crippen molar-refractivity contribution in [1.82, 2.24) is 9.97 Å². The van der Waals surface area contributed by atoms with Gasteiger partial charge in [-0.15, -0.1) is 6.58 Å². The van der Waals surface area contributed by atoms with Crippen molar-refractivity contribution in [1.29, 1.82) is 0 Å². The quantitative estimate of drug-likeness (QED) is 0.430. The molecule has 1 aliphatic heterocycles. The van der Waals surface area contributed by atoms with Gasteiger partial charge in [0.05, 0.1) is 12.7 Å². The first-order valence-corrected chi connectivity index (χ1v) is 8.56. The third-order valence-corrected chi connectivity index (χ3v) is 4.74. The van der Waals surface area contributed by atoms with Crippen LogP contribution in [0.5, 0.6) is 11.5 Å². The largest absolute Gasteiger partial charge is 0.504 e. The molecular formula is C17H17N3O4S. The van der Waals surface area contributed by atoms with E-state index in [1.165, 1.54) is 24.9 Å². The Hall–Kier alpha value is -2.74. The number of carbonyl (C=O) groups excluding carboxylic acids is 1. The number of ether oxygens (including phenoxy) is 1. The van der Waals surface area contributed by atoms with Gasteiger partial charge in [-0.3, -0.25) is 9.59 Å². The van der Waals surface area contributed by atoms with Crippen LogP contribution in [0.4, 0.5) is 5.82 Å². The molecule has 0 saturated heterocycles. The number of amides is 1. The Balaban J connectivity index is 2.08. The van der Waals surface area contributed by atoms with Gasteiger partial charge in [-0.25, -0.2) is 4.98 Å². The molecule has 25 heavy (non-hydrogen) atoms. The van der Waals surface area contributed by atoms with Crippen molar-refractivity contribution < 1.29 is 14.6 Å². The number of rotatable bonds is 5. The van der Waals surface area contributed by atoms with Crippen LogP contribution < -0.4 is 15.6 Å². The van der Waals surface area contributed by atoms with Crippen LogP contribution in [-0.2, 0) is 4.79 Å². The number of nitrogens with one attached hydrogen (secondary N) is 2. The molecule has 3 N–H and O–H groups in total. The summed E-state index contributed by atoms with van der Waals surface area (Å²) in [4.78, 5) is 31.8. The molecule has 130 valence electrons. The molecule has 0 fully saturated rings. The first kappa shape index (κ1) is 17.1. The maximum atomic E-state index is 12.6. The average molecular weight is 359 g/mol. The number of fused-ring (bicyclic) bond motifs is 1. The molecule has 0 aliphatic carbocycles. The number of aromatic amines is 1. The van der Waals surface area contributed by atoms with Crippen molar-refractivity contribution in [3.05, 3.63) is 52.3 Å². The molecule has 2 heterocycles. The van der Waals surface area contributed by atoms with Crippen LogP contribution in [0, 0.1) is 0 Å². The third kappa shape index (κ3) is 3.39. The predicted octanol–water partition coefficient (Wildman–Crippen LogP) is 2.24. The van der Waals surface area contributed by atoms with Gasteiger partial charge < -0.3 is 20.1 Å². The second-order valence-electron chi connectivity index (χ2n) is 5.47. The van der Waals surface area contributed by atoms with E-state index in [0.29, 0.717) is 22.0 Å². The summed E-state index contributed by atoms with van der Waals surface area (Å²) < 4.78 is 5.12. The molecule has 8 heteroatoms. The van der Waals surface area contributed by atoms with E-state index in [9.17, 15) is 14.7 Å². The fourth-order valence-electron chi connectivity index (χ4n) is 2.75. The predicted molar refractivity (Wildman–Crippen MR) is 95.5 cm³/mol. The van der Waals surface area contributed by atoms with E-state index >= 15 is 0 Å². The standard InChI is InChI=1S/C17H17N3O4S/c1-3-6-25-17-19-15-14(16(23)20-17)10(8-13(22)18-15)9-4-5-11(21)12(7-9)24-2/h3-5,7,10,21H,1,6,8H2,2H3,(H2,18,19,20,22,23)/t10-/m0/s1. The van der Waals surface area contributed by atoms with E-state index in [1.54, 1.807) is 18.2 Å². The summed E-state index contributed by atoms with van der Waals surface area (Å²) in [5.74, 6) is 0.454. The molecule has 3 rings (SSSR count). The summed E-state index contributed by atoms with van der Waals surface area (Å²) in [6.07, 6.45) is 1.82. The fourth-order valence-corrected chi connectivity index (χ4v) is 3.35. The van der Waals surface area contributed by atoms with Crippen molar-refractivity contribution in [2.24, 2.45) is 0 Å². The molecule has 1 aromatic carbocycles. The SMILES string of the molecule is C=CCSc1nc2c(c(=O)[nH]1)[C@H](c1ccc(O)c(OC)c1)CC(=O)N2. The summed E-state index contributed by atoms with van der Waals surface area (Å²) in [7, 11) is 1.44. The Morgan fingerprint density at radius 2 is 2.28 bits per heavy atom. The zero-order chi connectivity index (χ0) is 18.0. The summed E-state index contributed by atoms with van der Waals surface area (Å²) in [5.41, 5.74) is 0.799. The van der Waals surface area contributed by atoms with Crippen molar-refractivity contribution in [2.45, 2.75) is 17.5 Å². The number of hydrogen-bond donors (Lipinski definition) is 3. The molecule has 0 radical (unpaired) electrons. The van der Waals surface area contributed by atoms with Crippen molar-refractivity contribution in [3.63, 3.8) is 0 Å². The van der Waals surface area contributed by atoms with Crippen LogP contribution in [0.25, 0.3) is 0 Å². The first-order valence-electron chi connectivity index (χ1n) is 7.58. The average Bonchev–Trinajstić information content (AvgIpc) is 2.59. The minimum absolute atomic E-state index is 0.00468. The number of benzene rings is 1. The molecule has 0 bridgehead atoms. The van der Waals surface area contributed by atoms with Crippen molar-refractivity contribution in [3.8, 4) is 11.5 Å². The number of aromatic hydroxyl groups is 1. The molecular weight excluding hydrogens is 342 g/mol. The van der Waals surface area contributed by atoms with Crippen LogP contribution in [0.2, 0.25) is 0 Å². The number of methoxy groups -OCH3 is 1. The molecule has 0 saturated carbocycles. The molecule has 1 amide bonds. The zero-order valence-electron chi connectivity index (χ0n) is 13.5. The lowest BCUT2D eigenvalue weighted by molar-refractivity contribution is -0.116. The molecule has 1 aromatic heterocycles. The van der Waals surface area contributed by atoms with Crippen molar-refractivity contribution >= 4 is 23.5 Å². The Morgan fingerprint density at radius 1 is 1.48 bits per heavy atom. The Labute approximate surface area is 148 Å². The second-order valence-corrected chi connectivity index (χ2v) is 6.48. The molecule has 7 nitrogen and oxygen atoms in total. The highest BCUT2D eigenvalue weighted by atomic mass is 32.2. The summed E-state index contributed by atoms with van der Waals surface area (Å²) >= 11 is 1.32. The number of hydrogen-bond acceptors (Lipinski definition) is 6. The van der Waals surface area contributed by atoms with Gasteiger partial charge in [-0.2, -0.15) is 0 Å². The maximum absolute atomic E-state index is 12.6. The van der Waals surface area contributed by atoms with E-state index in [2.05, 4.69) is 21.9 Å². The molecule has 2 aromatic rings. The van der Waals surface area contributed by atoms with Crippen molar-refractivity contribution in [2.75, 3.05) is 18.2 Å². The van der Waals surface area contributed by atoms with Gasteiger partial charge in [0.15, 0.2) is 16.7 Å². The van der Waals surface area contributed by atoms with E-state index in [0.717, 1.165) is 0 Å². The van der Waals surface area contributed by atoms with Crippen LogP contribution in [0.15, 0.2) is 40.8 Å². The van der Waals surface area contributed by atoms with Gasteiger partial charge in [-0.05, 0) is 17.7 Å². The van der Waals surface area contributed by atoms with E-state index in [1.807, 2.05) is 0 Å². The number of anilines is 1. The molecule has 1 aliphatic rings. The Bertz CT molecular complexity index is 894. The summed E-state index contributed by atoms with van der Waals surface area (Å²) in [6.45, 7) is 3.63. The third-order valence-electron chi connectivity index (χ3n) is 3.87. The van der Waals surface area contributed by atoms with E-state index in [-0.39, 0.29) is 35.2 Å². The number of phenolic OH excluding ortho intramolecular Hbond substituents is 1. The lowest BCUT2D eigenvalue weighted by atomic mass is 9.86. The van der Waals surface area contributed by atoms with Crippen LogP contribution in [0.1, 0.15) is 23.5 Å². The summed E-state index contributed by atoms with van der Waals surface area (Å²) in [5, 5.41) is 12.9. The van der Waals surface area contributed by atoms with Gasteiger partial charge >= 0.3 is 0 Å². The van der Waals surface area contributed by atoms with Gasteiger partial charge in [0.1, 0.15) is 5.82 Å². The topological polar surface area (TPSA) is 104 Å². The number of aromatic nitrogens is 2. The van der Waals surface area contributed by atoms with Crippen LogP contribution >= 0.6 is 11.8 Å². The monoisotopic (exact) mass is 359 g/mol. The first-order chi connectivity index (χ1) is 12.0. The minimum Gasteiger partial charge on any atom is -0.504 e. The highest BCUT2D eigenvalue weighted by molar-refractivity contribution is 7.99. The molecule has 1 atom stereocenters. The number of thioether (sulfide) groups is 1. The number of nitrogens with zero attached hydrogens (tertiary/aromatic N) is 1. The zero-order valence-corrected chi connectivity index (χ0v) is 14.4. The smallest absolute Gasteiger partial charge is 0.257 e. The normalized spacial score (nSPS) is 16.0. The van der Waals surface area contributed by atoms with E-state index < -0.39 is 5.92 Å². The number of phenols is 1. The number of carbonyl (C=O) groups is 1. The lowest BCUT2D eigenvalue weighted by Crippen LogP contribution is -2.31. The minimum atomic E-state index is -0.465.